The van der Waals surface area contributed by atoms with Crippen LogP contribution in [-0.2, 0) is 13.5 Å². The molecule has 0 bridgehead atoms. The highest BCUT2D eigenvalue weighted by Crippen LogP contribution is 2.25. The number of rotatable bonds is 7. The van der Waals surface area contributed by atoms with E-state index < -0.39 is 0 Å². The van der Waals surface area contributed by atoms with E-state index in [1.54, 1.807) is 5.38 Å². The zero-order chi connectivity index (χ0) is 20.4. The highest BCUT2D eigenvalue weighted by molar-refractivity contribution is 7.09. The standard InChI is InChI=1S/C22H24N4O2S/c1-14-17(10-11-26(14)2)20(27)24-18(12-15-6-4-3-5-7-15)22-25-19(13-29-22)21(28)23-16-8-9-16/h3-7,10-11,13,16,18H,8-9,12H2,1-2H3,(H,23,28)(H,24,27)/t18-/m0/s1. The molecule has 1 aliphatic rings. The molecule has 150 valence electrons. The third-order valence-electron chi connectivity index (χ3n) is 5.18. The third kappa shape index (κ3) is 4.56. The van der Waals surface area contributed by atoms with E-state index in [2.05, 4.69) is 15.6 Å². The van der Waals surface area contributed by atoms with Crippen molar-refractivity contribution in [1.29, 1.82) is 0 Å². The summed E-state index contributed by atoms with van der Waals surface area (Å²) in [6, 6.07) is 11.8. The number of amides is 2. The van der Waals surface area contributed by atoms with Crippen LogP contribution in [0.1, 0.15) is 56.0 Å². The van der Waals surface area contributed by atoms with Crippen LogP contribution >= 0.6 is 11.3 Å². The molecule has 2 heterocycles. The van der Waals surface area contributed by atoms with Crippen LogP contribution in [0.4, 0.5) is 0 Å². The highest BCUT2D eigenvalue weighted by Gasteiger charge is 2.26. The van der Waals surface area contributed by atoms with Gasteiger partial charge in [-0.1, -0.05) is 30.3 Å². The average Bonchev–Trinajstić information content (AvgIpc) is 3.27. The molecule has 29 heavy (non-hydrogen) atoms. The Morgan fingerprint density at radius 1 is 1.21 bits per heavy atom. The molecule has 2 amide bonds. The predicted octanol–water partition coefficient (Wildman–Crippen LogP) is 3.40. The number of aromatic nitrogens is 2. The molecule has 6 nitrogen and oxygen atoms in total. The Morgan fingerprint density at radius 2 is 1.97 bits per heavy atom. The summed E-state index contributed by atoms with van der Waals surface area (Å²) >= 11 is 1.41. The number of carbonyl (C=O) groups is 2. The molecule has 0 radical (unpaired) electrons. The Morgan fingerprint density at radius 3 is 2.62 bits per heavy atom. The first kappa shape index (κ1) is 19.4. The quantitative estimate of drug-likeness (QED) is 0.629. The number of benzene rings is 1. The molecule has 4 rings (SSSR count). The summed E-state index contributed by atoms with van der Waals surface area (Å²) in [7, 11) is 1.92. The van der Waals surface area contributed by atoms with Gasteiger partial charge in [0.25, 0.3) is 11.8 Å². The maximum Gasteiger partial charge on any atom is 0.270 e. The maximum atomic E-state index is 12.9. The summed E-state index contributed by atoms with van der Waals surface area (Å²) in [5.41, 5.74) is 3.07. The molecule has 3 aromatic rings. The van der Waals surface area contributed by atoms with Gasteiger partial charge in [-0.25, -0.2) is 4.98 Å². The lowest BCUT2D eigenvalue weighted by molar-refractivity contribution is 0.0934. The van der Waals surface area contributed by atoms with Crippen LogP contribution in [0.15, 0.2) is 48.0 Å². The van der Waals surface area contributed by atoms with Crippen molar-refractivity contribution in [3.05, 3.63) is 75.5 Å². The van der Waals surface area contributed by atoms with Gasteiger partial charge in [0, 0.05) is 30.4 Å². The van der Waals surface area contributed by atoms with Crippen molar-refractivity contribution in [2.45, 2.75) is 38.3 Å². The number of nitrogens with zero attached hydrogens (tertiary/aromatic N) is 2. The van der Waals surface area contributed by atoms with Crippen molar-refractivity contribution >= 4 is 23.2 Å². The minimum Gasteiger partial charge on any atom is -0.354 e. The van der Waals surface area contributed by atoms with Crippen LogP contribution in [0.5, 0.6) is 0 Å². The summed E-state index contributed by atoms with van der Waals surface area (Å²) in [6.07, 6.45) is 4.55. The topological polar surface area (TPSA) is 76.0 Å². The van der Waals surface area contributed by atoms with E-state index in [1.807, 2.05) is 61.1 Å². The highest BCUT2D eigenvalue weighted by atomic mass is 32.1. The second-order valence-electron chi connectivity index (χ2n) is 7.46. The lowest BCUT2D eigenvalue weighted by atomic mass is 10.1. The molecule has 7 heteroatoms. The lowest BCUT2D eigenvalue weighted by Gasteiger charge is -2.17. The second-order valence-corrected chi connectivity index (χ2v) is 8.35. The van der Waals surface area contributed by atoms with Crippen molar-refractivity contribution in [2.75, 3.05) is 0 Å². The lowest BCUT2D eigenvalue weighted by Crippen LogP contribution is -2.30. The van der Waals surface area contributed by atoms with Crippen LogP contribution in [0.2, 0.25) is 0 Å². The first-order chi connectivity index (χ1) is 14.0. The molecule has 1 aliphatic carbocycles. The molecule has 2 aromatic heterocycles. The fourth-order valence-electron chi connectivity index (χ4n) is 3.17. The van der Waals surface area contributed by atoms with Gasteiger partial charge in [-0.2, -0.15) is 0 Å². The van der Waals surface area contributed by atoms with E-state index in [9.17, 15) is 9.59 Å². The fraction of sp³-hybridized carbons (Fsp3) is 0.318. The molecule has 1 atom stereocenters. The minimum absolute atomic E-state index is 0.136. The molecule has 1 aromatic carbocycles. The first-order valence-electron chi connectivity index (χ1n) is 9.74. The Hall–Kier alpha value is -2.93. The molecule has 0 unspecified atom stereocenters. The summed E-state index contributed by atoms with van der Waals surface area (Å²) in [5, 5.41) is 8.59. The van der Waals surface area contributed by atoms with E-state index in [0.717, 1.165) is 29.1 Å². The molecular weight excluding hydrogens is 384 g/mol. The van der Waals surface area contributed by atoms with E-state index in [1.165, 1.54) is 11.3 Å². The van der Waals surface area contributed by atoms with Crippen molar-refractivity contribution < 1.29 is 9.59 Å². The summed E-state index contributed by atoms with van der Waals surface area (Å²) in [5.74, 6) is -0.276. The number of thiazole rings is 1. The van der Waals surface area contributed by atoms with Gasteiger partial charge in [-0.3, -0.25) is 9.59 Å². The SMILES string of the molecule is Cc1c(C(=O)N[C@@H](Cc2ccccc2)c2nc(C(=O)NC3CC3)cs2)ccn1C. The normalized spacial score (nSPS) is 14.4. The monoisotopic (exact) mass is 408 g/mol. The third-order valence-corrected chi connectivity index (χ3v) is 6.14. The van der Waals surface area contributed by atoms with Crippen LogP contribution in [-0.4, -0.2) is 27.4 Å². The number of carbonyl (C=O) groups excluding carboxylic acids is 2. The Balaban J connectivity index is 1.56. The largest absolute Gasteiger partial charge is 0.354 e. The van der Waals surface area contributed by atoms with Crippen LogP contribution in [0.25, 0.3) is 0 Å². The van der Waals surface area contributed by atoms with Gasteiger partial charge in [-0.15, -0.1) is 11.3 Å². The molecule has 1 fully saturated rings. The van der Waals surface area contributed by atoms with Gasteiger partial charge in [0.15, 0.2) is 0 Å². The molecule has 2 N–H and O–H groups in total. The van der Waals surface area contributed by atoms with Crippen LogP contribution in [0.3, 0.4) is 0 Å². The number of aryl methyl sites for hydroxylation is 1. The maximum absolute atomic E-state index is 12.9. The number of hydrogen-bond acceptors (Lipinski definition) is 4. The zero-order valence-electron chi connectivity index (χ0n) is 16.5. The van der Waals surface area contributed by atoms with Crippen LogP contribution < -0.4 is 10.6 Å². The smallest absolute Gasteiger partial charge is 0.270 e. The molecule has 0 saturated heterocycles. The molecular formula is C22H24N4O2S. The Kier molecular flexibility index (Phi) is 5.49. The van der Waals surface area contributed by atoms with E-state index >= 15 is 0 Å². The van der Waals surface area contributed by atoms with Gasteiger partial charge >= 0.3 is 0 Å². The average molecular weight is 409 g/mol. The fourth-order valence-corrected chi connectivity index (χ4v) is 4.02. The van der Waals surface area contributed by atoms with Crippen molar-refractivity contribution in [2.24, 2.45) is 7.05 Å². The zero-order valence-corrected chi connectivity index (χ0v) is 17.3. The summed E-state index contributed by atoms with van der Waals surface area (Å²) < 4.78 is 1.92. The Labute approximate surface area is 174 Å². The van der Waals surface area contributed by atoms with Crippen molar-refractivity contribution in [3.8, 4) is 0 Å². The summed E-state index contributed by atoms with van der Waals surface area (Å²) in [6.45, 7) is 1.92. The molecule has 0 aliphatic heterocycles. The van der Waals surface area contributed by atoms with Gasteiger partial charge in [0.1, 0.15) is 10.7 Å². The second kappa shape index (κ2) is 8.21. The minimum atomic E-state index is -0.308. The summed E-state index contributed by atoms with van der Waals surface area (Å²) in [4.78, 5) is 29.8. The predicted molar refractivity (Wildman–Crippen MR) is 113 cm³/mol. The van der Waals surface area contributed by atoms with Gasteiger partial charge in [-0.05, 0) is 37.8 Å². The van der Waals surface area contributed by atoms with Crippen LogP contribution in [0, 0.1) is 6.92 Å². The van der Waals surface area contributed by atoms with E-state index in [0.29, 0.717) is 17.7 Å². The number of hydrogen-bond donors (Lipinski definition) is 2. The Bertz CT molecular complexity index is 1020. The molecule has 0 spiro atoms. The van der Waals surface area contributed by atoms with Gasteiger partial charge in [0.2, 0.25) is 0 Å². The number of nitrogens with one attached hydrogen (secondary N) is 2. The van der Waals surface area contributed by atoms with Crippen molar-refractivity contribution in [1.82, 2.24) is 20.2 Å². The van der Waals surface area contributed by atoms with Crippen molar-refractivity contribution in [3.63, 3.8) is 0 Å². The molecule has 1 saturated carbocycles. The van der Waals surface area contributed by atoms with E-state index in [-0.39, 0.29) is 23.9 Å². The van der Waals surface area contributed by atoms with Gasteiger partial charge in [0.05, 0.1) is 11.6 Å². The van der Waals surface area contributed by atoms with Gasteiger partial charge < -0.3 is 15.2 Å². The van der Waals surface area contributed by atoms with E-state index in [4.69, 9.17) is 0 Å². The first-order valence-corrected chi connectivity index (χ1v) is 10.6.